The van der Waals surface area contributed by atoms with Crippen LogP contribution < -0.4 is 24.6 Å². The Bertz CT molecular complexity index is 1970. The number of fused-ring (bicyclic) bond motifs is 1. The molecule has 0 unspecified atom stereocenters. The fourth-order valence-corrected chi connectivity index (χ4v) is 5.50. The molecule has 5 atom stereocenters. The van der Waals surface area contributed by atoms with E-state index in [1.165, 1.54) is 19.1 Å². The highest BCUT2D eigenvalue weighted by molar-refractivity contribution is 5.86. The lowest BCUT2D eigenvalue weighted by Gasteiger charge is -2.43. The molecule has 1 aliphatic heterocycles. The summed E-state index contributed by atoms with van der Waals surface area (Å²) in [5.41, 5.74) is 0.794. The minimum atomic E-state index is -1.51. The van der Waals surface area contributed by atoms with E-state index in [1.54, 1.807) is 37.4 Å². The second kappa shape index (κ2) is 17.4. The van der Waals surface area contributed by atoms with Crippen molar-refractivity contribution in [2.24, 2.45) is 0 Å². The van der Waals surface area contributed by atoms with E-state index in [2.05, 4.69) is 0 Å². The van der Waals surface area contributed by atoms with E-state index >= 15 is 0 Å². The Morgan fingerprint density at radius 3 is 1.87 bits per heavy atom. The molecule has 0 N–H and O–H groups in total. The van der Waals surface area contributed by atoms with E-state index in [4.69, 9.17) is 47.0 Å². The van der Waals surface area contributed by atoms with E-state index in [0.717, 1.165) is 31.9 Å². The molecular formula is C38H38O15. The standard InChI is InChI=1S/C38H38O15/c1-21(39)45-20-31-33(48-22(2)40)34(49-23(3)41)36(50-24(4)42)38(53-31)51-28-15-16-29-30(17-28)52-37(43)35(32(29)46-18-25-9-7-6-8-10-25)47-19-26-11-13-27(44-5)14-12-26/h6-17,31,33-34,36,38H,18-20H2,1-5H3/t31-,33-,34+,36+,38+/m1/s1. The molecule has 1 aromatic heterocycles. The molecular weight excluding hydrogens is 696 g/mol. The predicted molar refractivity (Wildman–Crippen MR) is 183 cm³/mol. The number of hydrogen-bond donors (Lipinski definition) is 0. The summed E-state index contributed by atoms with van der Waals surface area (Å²) in [4.78, 5) is 61.7. The van der Waals surface area contributed by atoms with Gasteiger partial charge in [-0.1, -0.05) is 42.5 Å². The van der Waals surface area contributed by atoms with Gasteiger partial charge < -0.3 is 47.0 Å². The normalized spacial score (nSPS) is 19.4. The van der Waals surface area contributed by atoms with Crippen molar-refractivity contribution >= 4 is 34.8 Å². The summed E-state index contributed by atoms with van der Waals surface area (Å²) in [6, 6.07) is 20.9. The van der Waals surface area contributed by atoms with Crippen LogP contribution in [-0.2, 0) is 56.1 Å². The van der Waals surface area contributed by atoms with Gasteiger partial charge in [-0.05, 0) is 35.4 Å². The monoisotopic (exact) mass is 734 g/mol. The van der Waals surface area contributed by atoms with E-state index in [-0.39, 0.29) is 36.0 Å². The third-order valence-electron chi connectivity index (χ3n) is 7.76. The van der Waals surface area contributed by atoms with Crippen molar-refractivity contribution in [3.8, 4) is 23.0 Å². The van der Waals surface area contributed by atoms with Gasteiger partial charge >= 0.3 is 29.5 Å². The first-order valence-electron chi connectivity index (χ1n) is 16.4. The lowest BCUT2D eigenvalue weighted by atomic mass is 9.98. The number of carbonyl (C=O) groups is 4. The highest BCUT2D eigenvalue weighted by Gasteiger charge is 2.53. The van der Waals surface area contributed by atoms with Gasteiger partial charge in [-0.15, -0.1) is 0 Å². The smallest absolute Gasteiger partial charge is 0.383 e. The van der Waals surface area contributed by atoms with Crippen molar-refractivity contribution in [2.45, 2.75) is 71.6 Å². The van der Waals surface area contributed by atoms with Crippen LogP contribution in [-0.4, -0.2) is 68.3 Å². The summed E-state index contributed by atoms with van der Waals surface area (Å²) >= 11 is 0. The summed E-state index contributed by atoms with van der Waals surface area (Å²) in [6.45, 7) is 4.19. The number of hydrogen-bond acceptors (Lipinski definition) is 15. The van der Waals surface area contributed by atoms with Crippen molar-refractivity contribution in [3.63, 3.8) is 0 Å². The van der Waals surface area contributed by atoms with Crippen LogP contribution in [0.5, 0.6) is 23.0 Å². The SMILES string of the molecule is COc1ccc(COc2c(OCc3ccccc3)c3ccc(O[C@H]4O[C@H](COC(C)=O)[C@@H](OC(C)=O)[C@H](OC(C)=O)[C@@H]4OC(C)=O)cc3oc2=O)cc1. The van der Waals surface area contributed by atoms with Gasteiger partial charge in [0.1, 0.15) is 43.0 Å². The van der Waals surface area contributed by atoms with Gasteiger partial charge in [0, 0.05) is 33.8 Å². The van der Waals surface area contributed by atoms with Crippen molar-refractivity contribution in [3.05, 3.63) is 94.3 Å². The van der Waals surface area contributed by atoms with Gasteiger partial charge in [-0.2, -0.15) is 0 Å². The average molecular weight is 735 g/mol. The van der Waals surface area contributed by atoms with Gasteiger partial charge in [0.05, 0.1) is 12.5 Å². The molecule has 15 heteroatoms. The largest absolute Gasteiger partial charge is 0.497 e. The van der Waals surface area contributed by atoms with Gasteiger partial charge in [-0.3, -0.25) is 19.2 Å². The lowest BCUT2D eigenvalue weighted by Crippen LogP contribution is -2.63. The average Bonchev–Trinajstić information content (AvgIpc) is 3.11. The van der Waals surface area contributed by atoms with Crippen LogP contribution in [0.4, 0.5) is 0 Å². The fourth-order valence-electron chi connectivity index (χ4n) is 5.50. The Morgan fingerprint density at radius 2 is 1.25 bits per heavy atom. The van der Waals surface area contributed by atoms with Crippen molar-refractivity contribution < 1.29 is 66.2 Å². The van der Waals surface area contributed by atoms with Crippen LogP contribution in [0.15, 0.2) is 82.0 Å². The number of rotatable bonds is 14. The first-order valence-corrected chi connectivity index (χ1v) is 16.4. The van der Waals surface area contributed by atoms with E-state index in [0.29, 0.717) is 11.1 Å². The number of carbonyl (C=O) groups excluding carboxylic acids is 4. The molecule has 0 radical (unpaired) electrons. The molecule has 1 aliphatic rings. The molecule has 1 fully saturated rings. The molecule has 0 amide bonds. The summed E-state index contributed by atoms with van der Waals surface area (Å²) in [5.74, 6) is -2.35. The van der Waals surface area contributed by atoms with E-state index in [1.807, 2.05) is 30.3 Å². The van der Waals surface area contributed by atoms with Gasteiger partial charge in [0.25, 0.3) is 0 Å². The molecule has 53 heavy (non-hydrogen) atoms. The van der Waals surface area contributed by atoms with Crippen LogP contribution >= 0.6 is 0 Å². The molecule has 0 saturated carbocycles. The second-order valence-electron chi connectivity index (χ2n) is 11.8. The second-order valence-corrected chi connectivity index (χ2v) is 11.8. The molecule has 4 aromatic rings. The maximum atomic E-state index is 13.5. The number of methoxy groups -OCH3 is 1. The zero-order valence-corrected chi connectivity index (χ0v) is 29.6. The Morgan fingerprint density at radius 1 is 0.660 bits per heavy atom. The van der Waals surface area contributed by atoms with Crippen molar-refractivity contribution in [2.75, 3.05) is 13.7 Å². The van der Waals surface area contributed by atoms with Gasteiger partial charge in [-0.25, -0.2) is 4.79 Å². The van der Waals surface area contributed by atoms with Crippen LogP contribution in [0.1, 0.15) is 38.8 Å². The zero-order chi connectivity index (χ0) is 38.1. The van der Waals surface area contributed by atoms with Crippen molar-refractivity contribution in [1.29, 1.82) is 0 Å². The fraction of sp³-hybridized carbons (Fsp3) is 0.342. The molecule has 15 nitrogen and oxygen atoms in total. The summed E-state index contributed by atoms with van der Waals surface area (Å²) in [6.07, 6.45) is -7.03. The predicted octanol–water partition coefficient (Wildman–Crippen LogP) is 4.42. The lowest BCUT2D eigenvalue weighted by molar-refractivity contribution is -0.288. The van der Waals surface area contributed by atoms with Crippen molar-refractivity contribution in [1.82, 2.24) is 0 Å². The minimum Gasteiger partial charge on any atom is -0.497 e. The van der Waals surface area contributed by atoms with Crippen LogP contribution in [0.25, 0.3) is 11.0 Å². The number of esters is 4. The number of ether oxygens (including phenoxy) is 9. The first kappa shape index (κ1) is 38.1. The summed E-state index contributed by atoms with van der Waals surface area (Å²) < 4.78 is 56.7. The number of benzene rings is 3. The summed E-state index contributed by atoms with van der Waals surface area (Å²) in [5, 5.41) is 0.360. The third kappa shape index (κ3) is 10.0. The molecule has 1 saturated heterocycles. The molecule has 5 rings (SSSR count). The minimum absolute atomic E-state index is 0.0199. The van der Waals surface area contributed by atoms with E-state index < -0.39 is 66.8 Å². The quantitative estimate of drug-likeness (QED) is 0.101. The Balaban J connectivity index is 1.51. The molecule has 0 spiro atoms. The van der Waals surface area contributed by atoms with Crippen LogP contribution in [0.2, 0.25) is 0 Å². The first-order chi connectivity index (χ1) is 25.4. The maximum Gasteiger partial charge on any atom is 0.383 e. The third-order valence-corrected chi connectivity index (χ3v) is 7.76. The molecule has 3 aromatic carbocycles. The molecule has 280 valence electrons. The van der Waals surface area contributed by atoms with Gasteiger partial charge in [0.2, 0.25) is 18.1 Å². The highest BCUT2D eigenvalue weighted by Crippen LogP contribution is 2.37. The Hall–Kier alpha value is -6.09. The van der Waals surface area contributed by atoms with E-state index in [9.17, 15) is 24.0 Å². The van der Waals surface area contributed by atoms with Crippen LogP contribution in [0.3, 0.4) is 0 Å². The summed E-state index contributed by atoms with van der Waals surface area (Å²) in [7, 11) is 1.56. The van der Waals surface area contributed by atoms with Gasteiger partial charge in [0.15, 0.2) is 18.0 Å². The Kier molecular flexibility index (Phi) is 12.5. The maximum absolute atomic E-state index is 13.5. The van der Waals surface area contributed by atoms with Crippen LogP contribution in [0, 0.1) is 0 Å². The molecule has 0 aliphatic carbocycles. The molecule has 0 bridgehead atoms. The molecule has 2 heterocycles. The Labute approximate surface area is 303 Å². The zero-order valence-electron chi connectivity index (χ0n) is 29.6. The highest BCUT2D eigenvalue weighted by atomic mass is 16.7. The topological polar surface area (TPSA) is 182 Å².